The molecular formula is C12H15F2N3O2. The van der Waals surface area contributed by atoms with E-state index in [4.69, 9.17) is 0 Å². The van der Waals surface area contributed by atoms with Crippen LogP contribution >= 0.6 is 0 Å². The molecule has 0 unspecified atom stereocenters. The molecule has 0 amide bonds. The SMILES string of the molecule is COC(=O)c1ncc(N2CCC(F)(F)CC2)nc1C. The molecule has 1 aromatic rings. The molecule has 0 radical (unpaired) electrons. The van der Waals surface area contributed by atoms with Gasteiger partial charge in [-0.1, -0.05) is 0 Å². The average molecular weight is 271 g/mol. The molecule has 19 heavy (non-hydrogen) atoms. The van der Waals surface area contributed by atoms with Crippen LogP contribution in [0.1, 0.15) is 29.0 Å². The van der Waals surface area contributed by atoms with Crippen LogP contribution in [0.4, 0.5) is 14.6 Å². The van der Waals surface area contributed by atoms with E-state index < -0.39 is 11.9 Å². The normalized spacial score (nSPS) is 18.2. The van der Waals surface area contributed by atoms with Gasteiger partial charge in [-0.3, -0.25) is 0 Å². The summed E-state index contributed by atoms with van der Waals surface area (Å²) in [6, 6.07) is 0. The van der Waals surface area contributed by atoms with Crippen LogP contribution in [0, 0.1) is 6.92 Å². The van der Waals surface area contributed by atoms with E-state index >= 15 is 0 Å². The maximum Gasteiger partial charge on any atom is 0.358 e. The Labute approximate surface area is 109 Å². The molecule has 7 heteroatoms. The number of esters is 1. The van der Waals surface area contributed by atoms with Crippen LogP contribution in [0.25, 0.3) is 0 Å². The molecule has 1 aliphatic heterocycles. The molecule has 0 saturated carbocycles. The van der Waals surface area contributed by atoms with Crippen molar-refractivity contribution in [3.8, 4) is 0 Å². The summed E-state index contributed by atoms with van der Waals surface area (Å²) in [6.45, 7) is 2.11. The van der Waals surface area contributed by atoms with Gasteiger partial charge in [-0.05, 0) is 6.92 Å². The molecule has 1 aromatic heterocycles. The zero-order valence-corrected chi connectivity index (χ0v) is 10.8. The number of piperidine rings is 1. The van der Waals surface area contributed by atoms with Crippen LogP contribution in [-0.4, -0.2) is 42.1 Å². The molecule has 0 aliphatic carbocycles. The molecule has 5 nitrogen and oxygen atoms in total. The maximum absolute atomic E-state index is 13.1. The number of ether oxygens (including phenoxy) is 1. The first-order valence-electron chi connectivity index (χ1n) is 5.98. The van der Waals surface area contributed by atoms with Gasteiger partial charge in [0.1, 0.15) is 5.82 Å². The van der Waals surface area contributed by atoms with E-state index in [-0.39, 0.29) is 31.6 Å². The van der Waals surface area contributed by atoms with E-state index in [9.17, 15) is 13.6 Å². The number of hydrogen-bond acceptors (Lipinski definition) is 5. The second-order valence-corrected chi connectivity index (χ2v) is 4.50. The minimum Gasteiger partial charge on any atom is -0.464 e. The maximum atomic E-state index is 13.1. The fourth-order valence-electron chi connectivity index (χ4n) is 1.98. The van der Waals surface area contributed by atoms with Gasteiger partial charge >= 0.3 is 5.97 Å². The fourth-order valence-corrected chi connectivity index (χ4v) is 1.98. The van der Waals surface area contributed by atoms with Crippen molar-refractivity contribution in [2.24, 2.45) is 0 Å². The Balaban J connectivity index is 2.15. The average Bonchev–Trinajstić information content (AvgIpc) is 2.37. The predicted octanol–water partition coefficient (Wildman–Crippen LogP) is 1.81. The van der Waals surface area contributed by atoms with Crippen molar-refractivity contribution in [1.82, 2.24) is 9.97 Å². The van der Waals surface area contributed by atoms with Crippen LogP contribution in [0.2, 0.25) is 0 Å². The van der Waals surface area contributed by atoms with Crippen molar-refractivity contribution in [3.05, 3.63) is 17.6 Å². The lowest BCUT2D eigenvalue weighted by atomic mass is 10.1. The Bertz CT molecular complexity index is 484. The van der Waals surface area contributed by atoms with E-state index in [1.165, 1.54) is 13.3 Å². The van der Waals surface area contributed by atoms with Crippen molar-refractivity contribution in [3.63, 3.8) is 0 Å². The minimum absolute atomic E-state index is 0.147. The number of aromatic nitrogens is 2. The summed E-state index contributed by atoms with van der Waals surface area (Å²) in [6.07, 6.45) is 1.04. The topological polar surface area (TPSA) is 55.3 Å². The van der Waals surface area contributed by atoms with E-state index in [0.29, 0.717) is 11.5 Å². The zero-order chi connectivity index (χ0) is 14.0. The van der Waals surface area contributed by atoms with Crippen LogP contribution in [0.3, 0.4) is 0 Å². The van der Waals surface area contributed by atoms with Crippen molar-refractivity contribution in [2.75, 3.05) is 25.1 Å². The van der Waals surface area contributed by atoms with Gasteiger partial charge in [-0.2, -0.15) is 0 Å². The molecule has 0 atom stereocenters. The Morgan fingerprint density at radius 1 is 1.42 bits per heavy atom. The summed E-state index contributed by atoms with van der Waals surface area (Å²) in [4.78, 5) is 21.3. The zero-order valence-electron chi connectivity index (χ0n) is 10.8. The van der Waals surface area contributed by atoms with Gasteiger partial charge in [0.25, 0.3) is 5.92 Å². The molecule has 2 rings (SSSR count). The highest BCUT2D eigenvalue weighted by Crippen LogP contribution is 2.29. The summed E-state index contributed by atoms with van der Waals surface area (Å²) < 4.78 is 30.7. The first-order valence-corrected chi connectivity index (χ1v) is 5.98. The van der Waals surface area contributed by atoms with Crippen LogP contribution in [-0.2, 0) is 4.74 Å². The number of hydrogen-bond donors (Lipinski definition) is 0. The van der Waals surface area contributed by atoms with E-state index in [1.54, 1.807) is 11.8 Å². The largest absolute Gasteiger partial charge is 0.464 e. The molecule has 0 bridgehead atoms. The summed E-state index contributed by atoms with van der Waals surface area (Å²) >= 11 is 0. The third kappa shape index (κ3) is 2.97. The third-order valence-electron chi connectivity index (χ3n) is 3.13. The summed E-state index contributed by atoms with van der Waals surface area (Å²) in [5.41, 5.74) is 0.579. The molecule has 1 fully saturated rings. The predicted molar refractivity (Wildman–Crippen MR) is 64.5 cm³/mol. The van der Waals surface area contributed by atoms with Crippen LogP contribution < -0.4 is 4.90 Å². The van der Waals surface area contributed by atoms with E-state index in [2.05, 4.69) is 14.7 Å². The monoisotopic (exact) mass is 271 g/mol. The van der Waals surface area contributed by atoms with Gasteiger partial charge in [0.2, 0.25) is 0 Å². The molecule has 0 spiro atoms. The number of halogens is 2. The standard InChI is InChI=1S/C12H15F2N3O2/c1-8-10(11(18)19-2)15-7-9(16-8)17-5-3-12(13,14)4-6-17/h7H,3-6H2,1-2H3. The van der Waals surface area contributed by atoms with Crippen molar-refractivity contribution >= 4 is 11.8 Å². The third-order valence-corrected chi connectivity index (χ3v) is 3.13. The lowest BCUT2D eigenvalue weighted by molar-refractivity contribution is -0.0221. The Hall–Kier alpha value is -1.79. The van der Waals surface area contributed by atoms with Gasteiger partial charge in [-0.25, -0.2) is 23.5 Å². The molecule has 1 aliphatic rings. The number of carbonyl (C=O) groups excluding carboxylic acids is 1. The molecule has 1 saturated heterocycles. The van der Waals surface area contributed by atoms with Crippen LogP contribution in [0.5, 0.6) is 0 Å². The number of anilines is 1. The highest BCUT2D eigenvalue weighted by Gasteiger charge is 2.34. The van der Waals surface area contributed by atoms with Gasteiger partial charge in [0.15, 0.2) is 5.69 Å². The van der Waals surface area contributed by atoms with Gasteiger partial charge in [0.05, 0.1) is 19.0 Å². The van der Waals surface area contributed by atoms with Crippen molar-refractivity contribution in [1.29, 1.82) is 0 Å². The summed E-state index contributed by atoms with van der Waals surface area (Å²) in [7, 11) is 1.27. The lowest BCUT2D eigenvalue weighted by Crippen LogP contribution is -2.40. The van der Waals surface area contributed by atoms with Gasteiger partial charge < -0.3 is 9.64 Å². The molecule has 2 heterocycles. The number of carbonyl (C=O) groups is 1. The first-order chi connectivity index (χ1) is 8.93. The molecule has 0 aromatic carbocycles. The Kier molecular flexibility index (Phi) is 3.64. The van der Waals surface area contributed by atoms with E-state index in [0.717, 1.165) is 0 Å². The number of aryl methyl sites for hydroxylation is 1. The van der Waals surface area contributed by atoms with Gasteiger partial charge in [-0.15, -0.1) is 0 Å². The quantitative estimate of drug-likeness (QED) is 0.768. The highest BCUT2D eigenvalue weighted by atomic mass is 19.3. The smallest absolute Gasteiger partial charge is 0.358 e. The first kappa shape index (κ1) is 13.6. The second kappa shape index (κ2) is 5.07. The Morgan fingerprint density at radius 3 is 2.58 bits per heavy atom. The van der Waals surface area contributed by atoms with Crippen molar-refractivity contribution < 1.29 is 18.3 Å². The molecular weight excluding hydrogens is 256 g/mol. The number of alkyl halides is 2. The number of nitrogens with zero attached hydrogens (tertiary/aromatic N) is 3. The minimum atomic E-state index is -2.59. The molecule has 104 valence electrons. The lowest BCUT2D eigenvalue weighted by Gasteiger charge is -2.32. The van der Waals surface area contributed by atoms with Crippen molar-refractivity contribution in [2.45, 2.75) is 25.7 Å². The fraction of sp³-hybridized carbons (Fsp3) is 0.583. The van der Waals surface area contributed by atoms with Crippen LogP contribution in [0.15, 0.2) is 6.20 Å². The summed E-state index contributed by atoms with van der Waals surface area (Å²) in [5, 5.41) is 0. The second-order valence-electron chi connectivity index (χ2n) is 4.50. The van der Waals surface area contributed by atoms with E-state index in [1.807, 2.05) is 0 Å². The Morgan fingerprint density at radius 2 is 2.05 bits per heavy atom. The number of methoxy groups -OCH3 is 1. The number of rotatable bonds is 2. The van der Waals surface area contributed by atoms with Gasteiger partial charge in [0, 0.05) is 25.9 Å². The highest BCUT2D eigenvalue weighted by molar-refractivity contribution is 5.88. The summed E-state index contributed by atoms with van der Waals surface area (Å²) in [5.74, 6) is -2.63. The molecule has 0 N–H and O–H groups in total.